The molecular formula is C101H101F11N20O12. The quantitative estimate of drug-likeness (QED) is 0.0490. The van der Waals surface area contributed by atoms with Crippen molar-refractivity contribution >= 4 is 56.7 Å². The average molecular weight is 2000 g/mol. The number of piperazine rings is 5. The lowest BCUT2D eigenvalue weighted by Gasteiger charge is -2.36. The molecule has 754 valence electrons. The number of hydrogen-bond acceptors (Lipinski definition) is 27. The minimum absolute atomic E-state index is 0.0732. The SMILES string of the molecule is COc1ccc(-c2cc(=O)n3cc(N4CCNCC4)ccc3n2)cc1C(F)(F)F.COc1ccc(-c2cc(=O)n3cc(N4CCNCC4OC)ccc3n2)cc1OC.COc1ccc(-c2cc(=O)n3cc(N4CCN[C@@H](C)C4)ccc3n2)cc1C(F)(F)F.COc1ccc(-c2cc(=O)n3cc(N4CCN[C@H](C)C4)ccc3n2)cc1C(F)(F)F.O=c1cc(-c2cc(F)c(O)c(F)c2)nc2ccc(N3CCNCC3)cn12. The molecule has 0 aliphatic carbocycles. The van der Waals surface area contributed by atoms with Gasteiger partial charge in [0.1, 0.15) is 51.7 Å². The number of fused-ring (bicyclic) bond motifs is 5. The maximum atomic E-state index is 13.6. The van der Waals surface area contributed by atoms with Crippen molar-refractivity contribution in [3.05, 3.63) is 287 Å². The first-order valence-electron chi connectivity index (χ1n) is 45.8. The number of nitrogens with zero attached hydrogens (tertiary/aromatic N) is 15. The number of phenolic OH excluding ortho intramolecular Hbond substituents is 1. The molecule has 32 nitrogen and oxygen atoms in total. The summed E-state index contributed by atoms with van der Waals surface area (Å²) in [5.74, 6) is -2.87. The Kier molecular flexibility index (Phi) is 30.8. The number of halogens is 11. The van der Waals surface area contributed by atoms with Gasteiger partial charge in [0.25, 0.3) is 27.8 Å². The fourth-order valence-electron chi connectivity index (χ4n) is 17.5. The summed E-state index contributed by atoms with van der Waals surface area (Å²) in [4.78, 5) is 96.5. The van der Waals surface area contributed by atoms with Gasteiger partial charge in [0.15, 0.2) is 28.9 Å². The Balaban J connectivity index is 0.000000129. The van der Waals surface area contributed by atoms with E-state index in [1.165, 1.54) is 106 Å². The molecule has 5 aromatic carbocycles. The summed E-state index contributed by atoms with van der Waals surface area (Å²) in [6.07, 6.45) is -5.11. The topological polar surface area (TPSA) is 324 Å². The Morgan fingerprint density at radius 2 is 0.604 bits per heavy atom. The van der Waals surface area contributed by atoms with Crippen molar-refractivity contribution in [3.63, 3.8) is 0 Å². The molecule has 5 aliphatic heterocycles. The largest absolute Gasteiger partial charge is 0.503 e. The molecule has 5 saturated heterocycles. The third-order valence-corrected chi connectivity index (χ3v) is 24.8. The molecule has 6 N–H and O–H groups in total. The number of aromatic hydroxyl groups is 1. The number of ether oxygens (including phenoxy) is 6. The number of methoxy groups -OCH3 is 6. The van der Waals surface area contributed by atoms with Crippen LogP contribution in [0.4, 0.5) is 76.7 Å². The molecule has 0 bridgehead atoms. The summed E-state index contributed by atoms with van der Waals surface area (Å²) >= 11 is 0. The molecule has 15 heterocycles. The molecule has 1 unspecified atom stereocenters. The van der Waals surface area contributed by atoms with E-state index in [9.17, 15) is 77.4 Å². The van der Waals surface area contributed by atoms with Crippen LogP contribution in [0.3, 0.4) is 0 Å². The standard InChI is InChI=1S/2C21H21F3N4O2.C21H24N4O4.C20H19F3N4O2.C18H16F2N4O2/c2*1-13-11-27(8-7-25-13)15-4-6-19-26-17(10-20(29)28(19)12-15)14-3-5-18(30-2)16(9-14)21(22,23)24;1-27-17-6-4-14(10-18(17)28-2)16-11-20(26)25-13-15(5-7-19(25)23-16)24-9-8-22-12-21(24)29-3;1-29-17-4-2-13(10-15(17)20(21,22)23)16-11-19(28)27-12-14(3-5-18(27)25-16)26-8-6-24-7-9-26;19-13-7-11(8-14(20)18(13)26)15-9-17(25)24-10-12(1-2-16(24)22-15)23-5-3-21-4-6-23/h2*3-6,9-10,12-13,25H,7-8,11H2,1-2H3;4-7,10-11,13,21-22H,8-9,12H2,1-3H3;2-5,10-12,24H,6-9H2,1H3;1-2,7-10,21,26H,3-6H2/t2*13-;;;/m10.../s1. The third kappa shape index (κ3) is 23.0. The number of rotatable bonds is 16. The van der Waals surface area contributed by atoms with Crippen molar-refractivity contribution in [1.82, 2.24) is 73.5 Å². The van der Waals surface area contributed by atoms with Crippen molar-refractivity contribution in [1.29, 1.82) is 0 Å². The van der Waals surface area contributed by atoms with Crippen molar-refractivity contribution in [2.24, 2.45) is 0 Å². The van der Waals surface area contributed by atoms with Crippen LogP contribution in [-0.2, 0) is 23.3 Å². The molecule has 15 aromatic rings. The molecule has 3 atom stereocenters. The number of benzene rings is 5. The van der Waals surface area contributed by atoms with E-state index in [4.69, 9.17) is 28.4 Å². The van der Waals surface area contributed by atoms with Gasteiger partial charge in [-0.05, 0) is 159 Å². The van der Waals surface area contributed by atoms with E-state index in [1.54, 1.807) is 80.8 Å². The van der Waals surface area contributed by atoms with Gasteiger partial charge >= 0.3 is 18.5 Å². The monoisotopic (exact) mass is 1990 g/mol. The highest BCUT2D eigenvalue weighted by molar-refractivity contribution is 5.72. The first-order chi connectivity index (χ1) is 69.0. The Labute approximate surface area is 815 Å². The number of alkyl halides is 9. The van der Waals surface area contributed by atoms with Gasteiger partial charge in [-0.25, -0.2) is 33.7 Å². The summed E-state index contributed by atoms with van der Waals surface area (Å²) in [5, 5.41) is 25.8. The molecule has 5 fully saturated rings. The molecule has 5 aliphatic rings. The summed E-state index contributed by atoms with van der Waals surface area (Å²) in [6.45, 7) is 18.4. The van der Waals surface area contributed by atoms with Crippen LogP contribution in [-0.4, -0.2) is 224 Å². The van der Waals surface area contributed by atoms with E-state index in [0.29, 0.717) is 57.5 Å². The van der Waals surface area contributed by atoms with Crippen LogP contribution in [0.2, 0.25) is 0 Å². The van der Waals surface area contributed by atoms with Crippen LogP contribution in [0.25, 0.3) is 84.5 Å². The summed E-state index contributed by atoms with van der Waals surface area (Å²) < 4.78 is 185. The Morgan fingerprint density at radius 3 is 0.917 bits per heavy atom. The van der Waals surface area contributed by atoms with Gasteiger partial charge in [-0.15, -0.1) is 0 Å². The maximum Gasteiger partial charge on any atom is 0.419 e. The van der Waals surface area contributed by atoms with Crippen LogP contribution < -0.4 is 103 Å². The Morgan fingerprint density at radius 1 is 0.319 bits per heavy atom. The lowest BCUT2D eigenvalue weighted by molar-refractivity contribution is -0.139. The van der Waals surface area contributed by atoms with Crippen LogP contribution in [0.15, 0.2) is 231 Å². The van der Waals surface area contributed by atoms with Gasteiger partial charge in [0.05, 0.1) is 109 Å². The van der Waals surface area contributed by atoms with E-state index >= 15 is 0 Å². The van der Waals surface area contributed by atoms with Crippen molar-refractivity contribution in [2.75, 3.05) is 178 Å². The molecule has 0 spiro atoms. The zero-order chi connectivity index (χ0) is 102. The first-order valence-corrected chi connectivity index (χ1v) is 45.8. The fourth-order valence-corrected chi connectivity index (χ4v) is 17.5. The zero-order valence-corrected chi connectivity index (χ0v) is 79.2. The van der Waals surface area contributed by atoms with Gasteiger partial charge in [-0.2, -0.15) is 39.5 Å². The van der Waals surface area contributed by atoms with E-state index in [0.717, 1.165) is 176 Å². The predicted molar refractivity (Wildman–Crippen MR) is 524 cm³/mol. The normalized spacial score (nSPS) is 16.3. The second kappa shape index (κ2) is 43.6. The molecule has 144 heavy (non-hydrogen) atoms. The number of nitrogens with one attached hydrogen (secondary N) is 5. The van der Waals surface area contributed by atoms with Gasteiger partial charge in [-0.1, -0.05) is 0 Å². The van der Waals surface area contributed by atoms with E-state index in [-0.39, 0.29) is 96.3 Å². The zero-order valence-electron chi connectivity index (χ0n) is 79.2. The smallest absolute Gasteiger partial charge is 0.419 e. The predicted octanol–water partition coefficient (Wildman–Crippen LogP) is 12.7. The highest BCUT2D eigenvalue weighted by Crippen LogP contribution is 2.43. The van der Waals surface area contributed by atoms with Gasteiger partial charge < -0.3 is 84.6 Å². The van der Waals surface area contributed by atoms with Crippen LogP contribution >= 0.6 is 0 Å². The molecule has 43 heteroatoms. The van der Waals surface area contributed by atoms with Crippen molar-refractivity contribution in [2.45, 2.75) is 50.7 Å². The second-order valence-corrected chi connectivity index (χ2v) is 34.2. The van der Waals surface area contributed by atoms with Gasteiger partial charge in [-0.3, -0.25) is 46.0 Å². The van der Waals surface area contributed by atoms with Crippen LogP contribution in [0.1, 0.15) is 30.5 Å². The number of anilines is 5. The summed E-state index contributed by atoms with van der Waals surface area (Å²) in [5.41, 5.74) is 5.03. The Hall–Kier alpha value is -15.3. The number of phenols is 1. The van der Waals surface area contributed by atoms with E-state index < -0.39 is 52.6 Å². The first kappa shape index (κ1) is 102. The molecule has 0 amide bonds. The lowest BCUT2D eigenvalue weighted by Crippen LogP contribution is -2.52. The maximum absolute atomic E-state index is 13.6. The minimum atomic E-state index is -4.58. The second-order valence-electron chi connectivity index (χ2n) is 34.2. The molecule has 20 rings (SSSR count). The highest BCUT2D eigenvalue weighted by Gasteiger charge is 2.38. The molecule has 0 saturated carbocycles. The van der Waals surface area contributed by atoms with E-state index in [1.807, 2.05) is 54.7 Å². The van der Waals surface area contributed by atoms with Crippen molar-refractivity contribution in [3.8, 4) is 90.8 Å². The van der Waals surface area contributed by atoms with E-state index in [2.05, 4.69) is 89.9 Å². The average Bonchev–Trinajstić information content (AvgIpc) is 0.795. The number of aromatic nitrogens is 10. The fraction of sp³-hybridized carbons (Fsp3) is 0.307. The van der Waals surface area contributed by atoms with Gasteiger partial charge in [0, 0.05) is 220 Å². The highest BCUT2D eigenvalue weighted by atomic mass is 19.4. The molecular weight excluding hydrogens is 1890 g/mol. The van der Waals surface area contributed by atoms with Crippen LogP contribution in [0, 0.1) is 11.6 Å². The summed E-state index contributed by atoms with van der Waals surface area (Å²) in [6, 6.07) is 43.6. The van der Waals surface area contributed by atoms with Crippen molar-refractivity contribution < 1.29 is 81.8 Å². The molecule has 10 aromatic heterocycles. The molecule has 0 radical (unpaired) electrons. The summed E-state index contributed by atoms with van der Waals surface area (Å²) in [7, 11) is 8.40. The Bertz CT molecular complexity index is 7360. The number of hydrogen-bond donors (Lipinski definition) is 6. The van der Waals surface area contributed by atoms with Gasteiger partial charge in [0.2, 0.25) is 0 Å². The lowest BCUT2D eigenvalue weighted by atomic mass is 10.1. The minimum Gasteiger partial charge on any atom is -0.503 e. The number of pyridine rings is 5. The third-order valence-electron chi connectivity index (χ3n) is 24.8. The van der Waals surface area contributed by atoms with Crippen LogP contribution in [0.5, 0.6) is 34.5 Å².